The molecule has 2 rings (SSSR count). The fraction of sp³-hybridized carbons (Fsp3) is 0.286. The van der Waals surface area contributed by atoms with Crippen LogP contribution in [0, 0.1) is 17.5 Å². The van der Waals surface area contributed by atoms with E-state index in [0.717, 1.165) is 6.20 Å². The third-order valence-corrected chi connectivity index (χ3v) is 2.84. The predicted octanol–water partition coefficient (Wildman–Crippen LogP) is 3.26. The van der Waals surface area contributed by atoms with E-state index in [1.807, 2.05) is 0 Å². The lowest BCUT2D eigenvalue weighted by Gasteiger charge is -2.13. The molecule has 4 nitrogen and oxygen atoms in total. The number of rotatable bonds is 4. The normalized spacial score (nSPS) is 10.7. The molecule has 7 heteroatoms. The maximum absolute atomic E-state index is 14.0. The fourth-order valence-electron chi connectivity index (χ4n) is 1.99. The van der Waals surface area contributed by atoms with Crippen LogP contribution in [0.2, 0.25) is 0 Å². The van der Waals surface area contributed by atoms with E-state index < -0.39 is 28.9 Å². The largest absolute Gasteiger partial charge is 0.462 e. The summed E-state index contributed by atoms with van der Waals surface area (Å²) in [7, 11) is 0. The van der Waals surface area contributed by atoms with Gasteiger partial charge in [0.1, 0.15) is 16.9 Å². The van der Waals surface area contributed by atoms with E-state index in [0.29, 0.717) is 12.6 Å². The number of esters is 1. The molecule has 1 heterocycles. The Hall–Kier alpha value is -2.31. The third kappa shape index (κ3) is 2.63. The van der Waals surface area contributed by atoms with Crippen LogP contribution in [-0.4, -0.2) is 24.1 Å². The van der Waals surface area contributed by atoms with Crippen LogP contribution in [0.15, 0.2) is 12.3 Å². The molecule has 0 aliphatic carbocycles. The summed E-state index contributed by atoms with van der Waals surface area (Å²) >= 11 is 0. The Morgan fingerprint density at radius 3 is 2.62 bits per heavy atom. The first-order chi connectivity index (χ1) is 10.0. The van der Waals surface area contributed by atoms with Crippen LogP contribution in [0.5, 0.6) is 0 Å². The Bertz CT molecular complexity index is 704. The molecule has 0 saturated heterocycles. The zero-order valence-corrected chi connectivity index (χ0v) is 11.5. The quantitative estimate of drug-likeness (QED) is 0.695. The Morgan fingerprint density at radius 2 is 2.00 bits per heavy atom. The highest BCUT2D eigenvalue weighted by Crippen LogP contribution is 2.31. The van der Waals surface area contributed by atoms with Crippen LogP contribution in [-0.2, 0) is 4.74 Å². The van der Waals surface area contributed by atoms with Crippen LogP contribution >= 0.6 is 0 Å². The first-order valence-corrected chi connectivity index (χ1v) is 6.38. The molecule has 0 amide bonds. The van der Waals surface area contributed by atoms with Gasteiger partial charge in [0.25, 0.3) is 0 Å². The number of anilines is 1. The van der Waals surface area contributed by atoms with Crippen molar-refractivity contribution in [2.45, 2.75) is 13.8 Å². The molecule has 1 aromatic heterocycles. The number of hydrogen-bond donors (Lipinski definition) is 1. The summed E-state index contributed by atoms with van der Waals surface area (Å²) in [5.41, 5.74) is -0.468. The monoisotopic (exact) mass is 298 g/mol. The second-order valence-electron chi connectivity index (χ2n) is 4.18. The lowest BCUT2D eigenvalue weighted by atomic mass is 10.1. The molecule has 2 aromatic rings. The topological polar surface area (TPSA) is 51.2 Å². The van der Waals surface area contributed by atoms with Crippen molar-refractivity contribution in [3.63, 3.8) is 0 Å². The van der Waals surface area contributed by atoms with Crippen LogP contribution < -0.4 is 5.32 Å². The van der Waals surface area contributed by atoms with E-state index in [2.05, 4.69) is 10.3 Å². The predicted molar refractivity (Wildman–Crippen MR) is 71.7 cm³/mol. The van der Waals surface area contributed by atoms with Crippen molar-refractivity contribution in [3.8, 4) is 0 Å². The van der Waals surface area contributed by atoms with E-state index >= 15 is 0 Å². The summed E-state index contributed by atoms with van der Waals surface area (Å²) in [5, 5.41) is 2.50. The van der Waals surface area contributed by atoms with E-state index in [1.165, 1.54) is 0 Å². The first-order valence-electron chi connectivity index (χ1n) is 6.38. The lowest BCUT2D eigenvalue weighted by Crippen LogP contribution is -2.12. The van der Waals surface area contributed by atoms with Gasteiger partial charge in [0.05, 0.1) is 17.7 Å². The van der Waals surface area contributed by atoms with Crippen molar-refractivity contribution in [1.82, 2.24) is 4.98 Å². The fourth-order valence-corrected chi connectivity index (χ4v) is 1.99. The molecule has 0 saturated carbocycles. The molecule has 0 bridgehead atoms. The van der Waals surface area contributed by atoms with E-state index in [-0.39, 0.29) is 23.2 Å². The number of carbonyl (C=O) groups excluding carboxylic acids is 1. The number of benzene rings is 1. The minimum absolute atomic E-state index is 0.0314. The Kier molecular flexibility index (Phi) is 4.30. The molecular formula is C14H13F3N2O2. The van der Waals surface area contributed by atoms with Gasteiger partial charge in [-0.15, -0.1) is 0 Å². The van der Waals surface area contributed by atoms with Gasteiger partial charge in [-0.3, -0.25) is 4.98 Å². The molecule has 0 unspecified atom stereocenters. The summed E-state index contributed by atoms with van der Waals surface area (Å²) < 4.78 is 45.8. The summed E-state index contributed by atoms with van der Waals surface area (Å²) in [4.78, 5) is 15.5. The van der Waals surface area contributed by atoms with E-state index in [4.69, 9.17) is 4.74 Å². The molecule has 112 valence electrons. The number of aromatic nitrogens is 1. The molecule has 0 fully saturated rings. The minimum Gasteiger partial charge on any atom is -0.462 e. The molecule has 1 aromatic carbocycles. The molecule has 0 atom stereocenters. The molecule has 0 aliphatic rings. The van der Waals surface area contributed by atoms with Gasteiger partial charge in [0.15, 0.2) is 11.6 Å². The number of hydrogen-bond acceptors (Lipinski definition) is 4. The minimum atomic E-state index is -1.33. The van der Waals surface area contributed by atoms with Crippen molar-refractivity contribution in [1.29, 1.82) is 0 Å². The highest BCUT2D eigenvalue weighted by atomic mass is 19.2. The van der Waals surface area contributed by atoms with Crippen molar-refractivity contribution in [3.05, 3.63) is 35.3 Å². The Balaban J connectivity index is 2.79. The maximum atomic E-state index is 14.0. The second kappa shape index (κ2) is 5.99. The highest BCUT2D eigenvalue weighted by molar-refractivity contribution is 6.05. The zero-order valence-electron chi connectivity index (χ0n) is 11.5. The number of ether oxygens (including phenoxy) is 1. The summed E-state index contributed by atoms with van der Waals surface area (Å²) in [6.07, 6.45) is 1.04. The number of nitrogens with zero attached hydrogens (tertiary/aromatic N) is 1. The number of pyridine rings is 1. The summed E-state index contributed by atoms with van der Waals surface area (Å²) in [6.45, 7) is 3.82. The SMILES string of the molecule is CCNc1c(C(=O)OCC)cnc2c(F)c(F)cc(F)c12. The van der Waals surface area contributed by atoms with E-state index in [9.17, 15) is 18.0 Å². The van der Waals surface area contributed by atoms with Crippen LogP contribution in [0.4, 0.5) is 18.9 Å². The van der Waals surface area contributed by atoms with Crippen molar-refractivity contribution in [2.75, 3.05) is 18.5 Å². The average molecular weight is 298 g/mol. The van der Waals surface area contributed by atoms with Gasteiger partial charge in [0.2, 0.25) is 0 Å². The van der Waals surface area contributed by atoms with Gasteiger partial charge in [0, 0.05) is 18.8 Å². The van der Waals surface area contributed by atoms with Crippen molar-refractivity contribution >= 4 is 22.6 Å². The second-order valence-corrected chi connectivity index (χ2v) is 4.18. The van der Waals surface area contributed by atoms with Crippen molar-refractivity contribution < 1.29 is 22.7 Å². The van der Waals surface area contributed by atoms with E-state index in [1.54, 1.807) is 13.8 Å². The third-order valence-electron chi connectivity index (χ3n) is 2.84. The summed E-state index contributed by atoms with van der Waals surface area (Å²) in [6, 6.07) is 0.426. The van der Waals surface area contributed by atoms with Crippen LogP contribution in [0.3, 0.4) is 0 Å². The van der Waals surface area contributed by atoms with Gasteiger partial charge in [-0.25, -0.2) is 18.0 Å². The number of fused-ring (bicyclic) bond motifs is 1. The molecule has 21 heavy (non-hydrogen) atoms. The first kappa shape index (κ1) is 15.1. The standard InChI is InChI=1S/C14H13F3N2O2/c1-3-18-12-7(14(20)21-4-2)6-19-13-10(12)8(15)5-9(16)11(13)17/h5-6H,3-4H2,1-2H3,(H,18,19). The zero-order chi connectivity index (χ0) is 15.6. The van der Waals surface area contributed by atoms with Gasteiger partial charge in [-0.05, 0) is 13.8 Å². The number of nitrogens with one attached hydrogen (secondary N) is 1. The van der Waals surface area contributed by atoms with Crippen LogP contribution in [0.1, 0.15) is 24.2 Å². The van der Waals surface area contributed by atoms with Gasteiger partial charge in [-0.1, -0.05) is 0 Å². The van der Waals surface area contributed by atoms with Gasteiger partial charge < -0.3 is 10.1 Å². The number of halogens is 3. The average Bonchev–Trinajstić information content (AvgIpc) is 2.45. The smallest absolute Gasteiger partial charge is 0.341 e. The number of carbonyl (C=O) groups is 1. The molecule has 0 aliphatic heterocycles. The van der Waals surface area contributed by atoms with Gasteiger partial charge in [-0.2, -0.15) is 0 Å². The van der Waals surface area contributed by atoms with Gasteiger partial charge >= 0.3 is 5.97 Å². The molecular weight excluding hydrogens is 285 g/mol. The Labute approximate surface area is 118 Å². The molecule has 1 N–H and O–H groups in total. The summed E-state index contributed by atoms with van der Waals surface area (Å²) in [5.74, 6) is -4.31. The highest BCUT2D eigenvalue weighted by Gasteiger charge is 2.22. The molecule has 0 radical (unpaired) electrons. The lowest BCUT2D eigenvalue weighted by molar-refractivity contribution is 0.0527. The molecule has 0 spiro atoms. The Morgan fingerprint density at radius 1 is 1.29 bits per heavy atom. The van der Waals surface area contributed by atoms with Crippen molar-refractivity contribution in [2.24, 2.45) is 0 Å². The maximum Gasteiger partial charge on any atom is 0.341 e. The van der Waals surface area contributed by atoms with Crippen LogP contribution in [0.25, 0.3) is 10.9 Å².